The summed E-state index contributed by atoms with van der Waals surface area (Å²) in [4.78, 5) is 15.4. The molecule has 2 amide bonds. The van der Waals surface area contributed by atoms with Gasteiger partial charge in [-0.25, -0.2) is 9.18 Å². The zero-order chi connectivity index (χ0) is 15.4. The summed E-state index contributed by atoms with van der Waals surface area (Å²) in [6, 6.07) is 4.78. The minimum Gasteiger partial charge on any atom is -0.396 e. The lowest BCUT2D eigenvalue weighted by Crippen LogP contribution is -2.38. The van der Waals surface area contributed by atoms with E-state index in [1.807, 2.05) is 0 Å². The molecule has 1 atom stereocenters. The predicted molar refractivity (Wildman–Crippen MR) is 79.7 cm³/mol. The summed E-state index contributed by atoms with van der Waals surface area (Å²) in [6.45, 7) is 1.64. The van der Waals surface area contributed by atoms with Crippen LogP contribution in [0.25, 0.3) is 0 Å². The molecule has 21 heavy (non-hydrogen) atoms. The molecule has 2 rings (SSSR count). The molecule has 1 heterocycles. The Kier molecular flexibility index (Phi) is 5.01. The van der Waals surface area contributed by atoms with Crippen molar-refractivity contribution in [1.82, 2.24) is 10.2 Å². The number of aliphatic hydroxyl groups excluding tert-OH is 1. The molecule has 1 aliphatic rings. The first-order chi connectivity index (χ1) is 10.0. The van der Waals surface area contributed by atoms with E-state index in [0.29, 0.717) is 25.3 Å². The maximum absolute atomic E-state index is 13.8. The van der Waals surface area contributed by atoms with Gasteiger partial charge < -0.3 is 20.2 Å². The molecule has 5 nitrogen and oxygen atoms in total. The number of carbonyl (C=O) groups is 1. The van der Waals surface area contributed by atoms with E-state index in [9.17, 15) is 9.18 Å². The molecule has 1 fully saturated rings. The topological polar surface area (TPSA) is 55.8 Å². The normalized spacial score (nSPS) is 17.9. The first-order valence-corrected chi connectivity index (χ1v) is 7.10. The average molecular weight is 295 g/mol. The summed E-state index contributed by atoms with van der Waals surface area (Å²) in [6.07, 6.45) is 0.829. The van der Waals surface area contributed by atoms with Gasteiger partial charge in [0.15, 0.2) is 0 Å². The quantitative estimate of drug-likeness (QED) is 0.883. The van der Waals surface area contributed by atoms with Crippen LogP contribution >= 0.6 is 0 Å². The van der Waals surface area contributed by atoms with Crippen molar-refractivity contribution in [3.05, 3.63) is 29.6 Å². The van der Waals surface area contributed by atoms with E-state index in [4.69, 9.17) is 5.11 Å². The predicted octanol–water partition coefficient (Wildman–Crippen LogP) is 1.42. The number of nitrogens with one attached hydrogen (secondary N) is 1. The highest BCUT2D eigenvalue weighted by atomic mass is 19.1. The number of aliphatic hydroxyl groups is 1. The van der Waals surface area contributed by atoms with Gasteiger partial charge in [-0.05, 0) is 24.1 Å². The molecular formula is C15H22FN3O2. The van der Waals surface area contributed by atoms with Crippen LogP contribution in [-0.2, 0) is 6.54 Å². The number of benzene rings is 1. The fraction of sp³-hybridized carbons (Fsp3) is 0.533. The molecule has 1 unspecified atom stereocenters. The lowest BCUT2D eigenvalue weighted by Gasteiger charge is -2.18. The average Bonchev–Trinajstić information content (AvgIpc) is 2.93. The van der Waals surface area contributed by atoms with Crippen LogP contribution in [0.3, 0.4) is 0 Å². The van der Waals surface area contributed by atoms with Crippen molar-refractivity contribution >= 4 is 11.7 Å². The third-order valence-corrected chi connectivity index (χ3v) is 3.77. The fourth-order valence-corrected chi connectivity index (χ4v) is 2.48. The maximum atomic E-state index is 13.8. The van der Waals surface area contributed by atoms with E-state index < -0.39 is 0 Å². The third kappa shape index (κ3) is 3.85. The smallest absolute Gasteiger partial charge is 0.317 e. The molecule has 116 valence electrons. The van der Waals surface area contributed by atoms with Crippen LogP contribution in [0, 0.1) is 11.7 Å². The summed E-state index contributed by atoms with van der Waals surface area (Å²) in [5, 5.41) is 11.9. The molecule has 0 saturated carbocycles. The molecule has 6 heteroatoms. The third-order valence-electron chi connectivity index (χ3n) is 3.77. The van der Waals surface area contributed by atoms with Gasteiger partial charge in [-0.1, -0.05) is 6.07 Å². The standard InChI is InChI=1S/C15H22FN3O2/c1-18(2)14-4-3-11(7-13(14)16)8-17-15(21)19-6-5-12(9-19)10-20/h3-4,7,12,20H,5-6,8-10H2,1-2H3,(H,17,21). The highest BCUT2D eigenvalue weighted by Crippen LogP contribution is 2.18. The molecule has 1 saturated heterocycles. The van der Waals surface area contributed by atoms with Gasteiger partial charge in [-0.15, -0.1) is 0 Å². The Hall–Kier alpha value is -1.82. The van der Waals surface area contributed by atoms with Crippen molar-refractivity contribution in [2.45, 2.75) is 13.0 Å². The Labute approximate surface area is 124 Å². The summed E-state index contributed by atoms with van der Waals surface area (Å²) < 4.78 is 13.8. The van der Waals surface area contributed by atoms with Gasteiger partial charge in [0.25, 0.3) is 0 Å². The Balaban J connectivity index is 1.88. The number of likely N-dealkylation sites (tertiary alicyclic amines) is 1. The number of hydrogen-bond donors (Lipinski definition) is 2. The molecular weight excluding hydrogens is 273 g/mol. The van der Waals surface area contributed by atoms with Crippen LogP contribution in [-0.4, -0.2) is 49.8 Å². The molecule has 1 aromatic rings. The molecule has 1 aromatic carbocycles. The second-order valence-corrected chi connectivity index (χ2v) is 5.62. The summed E-state index contributed by atoms with van der Waals surface area (Å²) in [5.74, 6) is -0.124. The van der Waals surface area contributed by atoms with Gasteiger partial charge in [0.1, 0.15) is 5.82 Å². The lowest BCUT2D eigenvalue weighted by atomic mass is 10.1. The van der Waals surface area contributed by atoms with Crippen LogP contribution in [0.5, 0.6) is 0 Å². The van der Waals surface area contributed by atoms with Crippen LogP contribution in [0.4, 0.5) is 14.9 Å². The van der Waals surface area contributed by atoms with E-state index >= 15 is 0 Å². The van der Waals surface area contributed by atoms with E-state index in [-0.39, 0.29) is 24.4 Å². The van der Waals surface area contributed by atoms with E-state index in [1.54, 1.807) is 36.0 Å². The molecule has 0 radical (unpaired) electrons. The highest BCUT2D eigenvalue weighted by Gasteiger charge is 2.25. The van der Waals surface area contributed by atoms with Crippen molar-refractivity contribution in [2.24, 2.45) is 5.92 Å². The number of anilines is 1. The number of amides is 2. The lowest BCUT2D eigenvalue weighted by molar-refractivity contribution is 0.198. The van der Waals surface area contributed by atoms with Gasteiger partial charge in [-0.2, -0.15) is 0 Å². The number of rotatable bonds is 4. The number of halogens is 1. The molecule has 1 aliphatic heterocycles. The van der Waals surface area contributed by atoms with Gasteiger partial charge in [0.05, 0.1) is 5.69 Å². The van der Waals surface area contributed by atoms with E-state index in [0.717, 1.165) is 12.0 Å². The minimum atomic E-state index is -0.298. The van der Waals surface area contributed by atoms with E-state index in [2.05, 4.69) is 5.32 Å². The molecule has 2 N–H and O–H groups in total. The fourth-order valence-electron chi connectivity index (χ4n) is 2.48. The number of nitrogens with zero attached hydrogens (tertiary/aromatic N) is 2. The zero-order valence-corrected chi connectivity index (χ0v) is 12.5. The molecule has 0 bridgehead atoms. The second-order valence-electron chi connectivity index (χ2n) is 5.62. The van der Waals surface area contributed by atoms with Gasteiger partial charge in [-0.3, -0.25) is 0 Å². The van der Waals surface area contributed by atoms with Crippen LogP contribution < -0.4 is 10.2 Å². The van der Waals surface area contributed by atoms with Crippen molar-refractivity contribution in [3.63, 3.8) is 0 Å². The first-order valence-electron chi connectivity index (χ1n) is 7.10. The zero-order valence-electron chi connectivity index (χ0n) is 12.5. The first kappa shape index (κ1) is 15.6. The minimum absolute atomic E-state index is 0.112. The largest absolute Gasteiger partial charge is 0.396 e. The van der Waals surface area contributed by atoms with Crippen LogP contribution in [0.2, 0.25) is 0 Å². The molecule has 0 aliphatic carbocycles. The number of carbonyl (C=O) groups excluding carboxylic acids is 1. The summed E-state index contributed by atoms with van der Waals surface area (Å²) >= 11 is 0. The monoisotopic (exact) mass is 295 g/mol. The summed E-state index contributed by atoms with van der Waals surface area (Å²) in [5.41, 5.74) is 1.25. The van der Waals surface area contributed by atoms with Gasteiger partial charge >= 0.3 is 6.03 Å². The Morgan fingerprint density at radius 1 is 1.52 bits per heavy atom. The Bertz CT molecular complexity index is 508. The second kappa shape index (κ2) is 6.76. The van der Waals surface area contributed by atoms with Crippen molar-refractivity contribution in [2.75, 3.05) is 38.7 Å². The van der Waals surface area contributed by atoms with E-state index in [1.165, 1.54) is 6.07 Å². The number of urea groups is 1. The van der Waals surface area contributed by atoms with Crippen LogP contribution in [0.1, 0.15) is 12.0 Å². The van der Waals surface area contributed by atoms with Crippen molar-refractivity contribution in [1.29, 1.82) is 0 Å². The molecule has 0 aromatic heterocycles. The Morgan fingerprint density at radius 2 is 2.29 bits per heavy atom. The SMILES string of the molecule is CN(C)c1ccc(CNC(=O)N2CCC(CO)C2)cc1F. The number of hydrogen-bond acceptors (Lipinski definition) is 3. The maximum Gasteiger partial charge on any atom is 0.317 e. The summed E-state index contributed by atoms with van der Waals surface area (Å²) in [7, 11) is 3.57. The van der Waals surface area contributed by atoms with Crippen molar-refractivity contribution in [3.8, 4) is 0 Å². The van der Waals surface area contributed by atoms with Crippen molar-refractivity contribution < 1.29 is 14.3 Å². The van der Waals surface area contributed by atoms with Gasteiger partial charge in [0.2, 0.25) is 0 Å². The molecule has 0 spiro atoms. The Morgan fingerprint density at radius 3 is 2.86 bits per heavy atom. The van der Waals surface area contributed by atoms with Gasteiger partial charge in [0, 0.05) is 46.3 Å². The highest BCUT2D eigenvalue weighted by molar-refractivity contribution is 5.74. The van der Waals surface area contributed by atoms with Crippen LogP contribution in [0.15, 0.2) is 18.2 Å².